The van der Waals surface area contributed by atoms with Crippen LogP contribution in [0.25, 0.3) is 11.1 Å². The maximum Gasteiger partial charge on any atom is 0.253 e. The van der Waals surface area contributed by atoms with Crippen molar-refractivity contribution >= 4 is 5.91 Å². The third kappa shape index (κ3) is 4.23. The normalized spacial score (nSPS) is 10.3. The van der Waals surface area contributed by atoms with Gasteiger partial charge < -0.3 is 10.1 Å². The largest absolute Gasteiger partial charge is 0.497 e. The van der Waals surface area contributed by atoms with Crippen molar-refractivity contribution in [1.29, 1.82) is 0 Å². The lowest BCUT2D eigenvalue weighted by Gasteiger charge is -2.08. The summed E-state index contributed by atoms with van der Waals surface area (Å²) in [5.41, 5.74) is 4.72. The number of hydrogen-bond donors (Lipinski definition) is 1. The molecule has 0 aliphatic rings. The first kappa shape index (κ1) is 16.7. The number of amides is 1. The van der Waals surface area contributed by atoms with Crippen molar-refractivity contribution in [3.05, 3.63) is 83.7 Å². The molecule has 4 nitrogen and oxygen atoms in total. The Hall–Kier alpha value is -3.14. The van der Waals surface area contributed by atoms with Crippen LogP contribution in [0.15, 0.2) is 67.0 Å². The van der Waals surface area contributed by atoms with Gasteiger partial charge in [-0.25, -0.2) is 0 Å². The molecule has 0 unspecified atom stereocenters. The molecule has 126 valence electrons. The van der Waals surface area contributed by atoms with Crippen molar-refractivity contribution in [2.75, 3.05) is 7.11 Å². The Morgan fingerprint density at radius 2 is 1.84 bits per heavy atom. The van der Waals surface area contributed by atoms with Crippen LogP contribution < -0.4 is 10.1 Å². The fourth-order valence-electron chi connectivity index (χ4n) is 2.57. The fourth-order valence-corrected chi connectivity index (χ4v) is 2.57. The average Bonchev–Trinajstić information content (AvgIpc) is 2.66. The van der Waals surface area contributed by atoms with E-state index in [1.165, 1.54) is 5.56 Å². The molecule has 1 aromatic heterocycles. The predicted octanol–water partition coefficient (Wildman–Crippen LogP) is 4.00. The Labute approximate surface area is 147 Å². The number of aryl methyl sites for hydroxylation is 1. The van der Waals surface area contributed by atoms with Gasteiger partial charge >= 0.3 is 0 Å². The summed E-state index contributed by atoms with van der Waals surface area (Å²) in [6.07, 6.45) is 3.36. The third-order valence-electron chi connectivity index (χ3n) is 3.96. The Bertz CT molecular complexity index is 873. The molecule has 0 spiro atoms. The van der Waals surface area contributed by atoms with Crippen LogP contribution in [-0.2, 0) is 6.54 Å². The average molecular weight is 332 g/mol. The van der Waals surface area contributed by atoms with Crippen LogP contribution in [0.5, 0.6) is 5.75 Å². The molecule has 3 rings (SSSR count). The maximum absolute atomic E-state index is 12.4. The predicted molar refractivity (Wildman–Crippen MR) is 98.6 cm³/mol. The van der Waals surface area contributed by atoms with E-state index in [9.17, 15) is 4.79 Å². The number of rotatable bonds is 5. The first-order valence-corrected chi connectivity index (χ1v) is 8.09. The summed E-state index contributed by atoms with van der Waals surface area (Å²) in [6.45, 7) is 2.50. The molecule has 25 heavy (non-hydrogen) atoms. The minimum Gasteiger partial charge on any atom is -0.497 e. The van der Waals surface area contributed by atoms with E-state index in [-0.39, 0.29) is 5.91 Å². The van der Waals surface area contributed by atoms with E-state index in [2.05, 4.69) is 16.4 Å². The van der Waals surface area contributed by atoms with E-state index in [0.717, 1.165) is 22.4 Å². The summed E-state index contributed by atoms with van der Waals surface area (Å²) in [6, 6.07) is 17.6. The van der Waals surface area contributed by atoms with Gasteiger partial charge in [0.1, 0.15) is 5.75 Å². The topological polar surface area (TPSA) is 51.2 Å². The van der Waals surface area contributed by atoms with Crippen molar-refractivity contribution in [3.8, 4) is 16.9 Å². The van der Waals surface area contributed by atoms with Crippen LogP contribution in [0.2, 0.25) is 0 Å². The van der Waals surface area contributed by atoms with E-state index in [0.29, 0.717) is 12.1 Å². The molecule has 0 saturated heterocycles. The van der Waals surface area contributed by atoms with Crippen LogP contribution in [0.3, 0.4) is 0 Å². The molecule has 0 fully saturated rings. The van der Waals surface area contributed by atoms with Crippen molar-refractivity contribution in [2.45, 2.75) is 13.5 Å². The zero-order chi connectivity index (χ0) is 17.6. The summed E-state index contributed by atoms with van der Waals surface area (Å²) in [4.78, 5) is 16.6. The second-order valence-electron chi connectivity index (χ2n) is 5.86. The lowest BCUT2D eigenvalue weighted by Crippen LogP contribution is -2.22. The SMILES string of the molecule is COc1ccc(CNC(=O)c2cncc(-c3cccc(C)c3)c2)cc1. The van der Waals surface area contributed by atoms with Gasteiger partial charge in [-0.2, -0.15) is 0 Å². The number of nitrogens with one attached hydrogen (secondary N) is 1. The van der Waals surface area contributed by atoms with Gasteiger partial charge in [-0.3, -0.25) is 9.78 Å². The number of methoxy groups -OCH3 is 1. The Morgan fingerprint density at radius 3 is 2.56 bits per heavy atom. The molecule has 3 aromatic rings. The number of ether oxygens (including phenoxy) is 1. The molecule has 0 radical (unpaired) electrons. The lowest BCUT2D eigenvalue weighted by atomic mass is 10.0. The number of carbonyl (C=O) groups is 1. The summed E-state index contributed by atoms with van der Waals surface area (Å²) in [5.74, 6) is 0.656. The van der Waals surface area contributed by atoms with Crippen molar-refractivity contribution in [1.82, 2.24) is 10.3 Å². The monoisotopic (exact) mass is 332 g/mol. The summed E-state index contributed by atoms with van der Waals surface area (Å²) in [7, 11) is 1.63. The molecule has 0 aliphatic heterocycles. The van der Waals surface area contributed by atoms with Crippen LogP contribution in [0, 0.1) is 6.92 Å². The first-order chi connectivity index (χ1) is 12.2. The standard InChI is InChI=1S/C21H20N2O2/c1-15-4-3-5-17(10-15)18-11-19(14-22-13-18)21(24)23-12-16-6-8-20(25-2)9-7-16/h3-11,13-14H,12H2,1-2H3,(H,23,24). The number of hydrogen-bond acceptors (Lipinski definition) is 3. The molecule has 1 amide bonds. The van der Waals surface area contributed by atoms with Gasteiger partial charge in [0.25, 0.3) is 5.91 Å². The van der Waals surface area contributed by atoms with Gasteiger partial charge in [-0.05, 0) is 36.2 Å². The van der Waals surface area contributed by atoms with Crippen molar-refractivity contribution in [3.63, 3.8) is 0 Å². The van der Waals surface area contributed by atoms with Crippen LogP contribution >= 0.6 is 0 Å². The highest BCUT2D eigenvalue weighted by molar-refractivity contribution is 5.95. The Kier molecular flexibility index (Phi) is 5.09. The Balaban J connectivity index is 1.70. The highest BCUT2D eigenvalue weighted by Gasteiger charge is 2.08. The second kappa shape index (κ2) is 7.62. The number of benzene rings is 2. The number of pyridine rings is 1. The first-order valence-electron chi connectivity index (χ1n) is 8.09. The van der Waals surface area contributed by atoms with Gasteiger partial charge in [0.05, 0.1) is 12.7 Å². The van der Waals surface area contributed by atoms with Gasteiger partial charge in [0.15, 0.2) is 0 Å². The highest BCUT2D eigenvalue weighted by atomic mass is 16.5. The molecule has 0 aliphatic carbocycles. The zero-order valence-corrected chi connectivity index (χ0v) is 14.3. The molecule has 2 aromatic carbocycles. The van der Waals surface area contributed by atoms with Crippen molar-refractivity contribution in [2.24, 2.45) is 0 Å². The van der Waals surface area contributed by atoms with E-state index >= 15 is 0 Å². The second-order valence-corrected chi connectivity index (χ2v) is 5.86. The van der Waals surface area contributed by atoms with Gasteiger partial charge in [-0.1, -0.05) is 42.0 Å². The highest BCUT2D eigenvalue weighted by Crippen LogP contribution is 2.20. The molecule has 0 saturated carbocycles. The van der Waals surface area contributed by atoms with E-state index in [1.54, 1.807) is 19.5 Å². The molecule has 1 heterocycles. The van der Waals surface area contributed by atoms with E-state index < -0.39 is 0 Å². The fraction of sp³-hybridized carbons (Fsp3) is 0.143. The summed E-state index contributed by atoms with van der Waals surface area (Å²) >= 11 is 0. The minimum atomic E-state index is -0.141. The number of nitrogens with zero attached hydrogens (tertiary/aromatic N) is 1. The van der Waals surface area contributed by atoms with Gasteiger partial charge in [0.2, 0.25) is 0 Å². The smallest absolute Gasteiger partial charge is 0.253 e. The molecule has 0 atom stereocenters. The lowest BCUT2D eigenvalue weighted by molar-refractivity contribution is 0.0950. The molecule has 1 N–H and O–H groups in total. The minimum absolute atomic E-state index is 0.141. The Morgan fingerprint density at radius 1 is 1.04 bits per heavy atom. The van der Waals surface area contributed by atoms with Crippen LogP contribution in [0.1, 0.15) is 21.5 Å². The molecule has 0 bridgehead atoms. The van der Waals surface area contributed by atoms with E-state index in [1.807, 2.05) is 55.5 Å². The van der Waals surface area contributed by atoms with Crippen molar-refractivity contribution < 1.29 is 9.53 Å². The quantitative estimate of drug-likeness (QED) is 0.768. The molecule has 4 heteroatoms. The zero-order valence-electron chi connectivity index (χ0n) is 14.3. The van der Waals surface area contributed by atoms with Gasteiger partial charge in [0, 0.05) is 24.5 Å². The van der Waals surface area contributed by atoms with E-state index in [4.69, 9.17) is 4.74 Å². The summed E-state index contributed by atoms with van der Waals surface area (Å²) in [5, 5.41) is 2.92. The summed E-state index contributed by atoms with van der Waals surface area (Å²) < 4.78 is 5.13. The maximum atomic E-state index is 12.4. The third-order valence-corrected chi connectivity index (χ3v) is 3.96. The number of aromatic nitrogens is 1. The number of carbonyl (C=O) groups excluding carboxylic acids is 1. The molecular formula is C21H20N2O2. The molecular weight excluding hydrogens is 312 g/mol. The van der Waals surface area contributed by atoms with Crippen LogP contribution in [-0.4, -0.2) is 18.0 Å². The van der Waals surface area contributed by atoms with Gasteiger partial charge in [-0.15, -0.1) is 0 Å². The van der Waals surface area contributed by atoms with Crippen LogP contribution in [0.4, 0.5) is 0 Å².